The molecule has 4 rings (SSSR count). The first-order valence-electron chi connectivity index (χ1n) is 10.2. The fourth-order valence-electron chi connectivity index (χ4n) is 3.79. The minimum Gasteiger partial charge on any atom is -0.505 e. The Hall–Kier alpha value is -4.13. The summed E-state index contributed by atoms with van der Waals surface area (Å²) < 4.78 is 1.27. The van der Waals surface area contributed by atoms with Crippen LogP contribution in [0.3, 0.4) is 0 Å². The number of aromatic nitrogens is 1. The molecule has 0 saturated heterocycles. The van der Waals surface area contributed by atoms with Crippen molar-refractivity contribution < 1.29 is 20.1 Å². The lowest BCUT2D eigenvalue weighted by Gasteiger charge is -2.08. The molecule has 1 heterocycles. The molecule has 7 nitrogen and oxygen atoms in total. The highest BCUT2D eigenvalue weighted by molar-refractivity contribution is 5.95. The predicted octanol–water partition coefficient (Wildman–Crippen LogP) is 5.65. The van der Waals surface area contributed by atoms with Crippen LogP contribution >= 0.6 is 0 Å². The zero-order valence-corrected chi connectivity index (χ0v) is 17.6. The zero-order chi connectivity index (χ0) is 22.7. The first-order valence-corrected chi connectivity index (χ1v) is 10.2. The van der Waals surface area contributed by atoms with Gasteiger partial charge < -0.3 is 15.3 Å². The van der Waals surface area contributed by atoms with Crippen molar-refractivity contribution in [2.45, 2.75) is 26.3 Å². The van der Waals surface area contributed by atoms with Gasteiger partial charge in [0.15, 0.2) is 5.69 Å². The number of fused-ring (bicyclic) bond motifs is 1. The third-order valence-corrected chi connectivity index (χ3v) is 5.49. The topological polar surface area (TPSA) is 107 Å². The summed E-state index contributed by atoms with van der Waals surface area (Å²) >= 11 is 0. The number of benzene rings is 3. The maximum atomic E-state index is 11.2. The van der Waals surface area contributed by atoms with E-state index in [4.69, 9.17) is 5.11 Å². The van der Waals surface area contributed by atoms with Crippen LogP contribution in [-0.4, -0.2) is 25.9 Å². The first-order chi connectivity index (χ1) is 15.5. The van der Waals surface area contributed by atoms with Crippen molar-refractivity contribution in [2.24, 2.45) is 10.2 Å². The number of para-hydroxylation sites is 2. The normalized spacial score (nSPS) is 11.4. The van der Waals surface area contributed by atoms with E-state index in [-0.39, 0.29) is 23.0 Å². The van der Waals surface area contributed by atoms with Crippen LogP contribution in [-0.2, 0) is 24.2 Å². The number of hydrogen-bond acceptors (Lipinski definition) is 5. The van der Waals surface area contributed by atoms with Crippen molar-refractivity contribution >= 4 is 28.2 Å². The summed E-state index contributed by atoms with van der Waals surface area (Å²) in [4.78, 5) is 11.2. The van der Waals surface area contributed by atoms with E-state index >= 15 is 0 Å². The summed E-state index contributed by atoms with van der Waals surface area (Å²) in [6.07, 6.45) is 1.42. The number of azo groups is 1. The van der Waals surface area contributed by atoms with Gasteiger partial charge in [-0.15, -0.1) is 10.2 Å². The molecule has 0 bridgehead atoms. The van der Waals surface area contributed by atoms with E-state index in [0.29, 0.717) is 17.3 Å². The van der Waals surface area contributed by atoms with Gasteiger partial charge in [0.25, 0.3) is 0 Å². The van der Waals surface area contributed by atoms with E-state index in [0.717, 1.165) is 12.0 Å². The predicted molar refractivity (Wildman–Crippen MR) is 122 cm³/mol. The highest BCUT2D eigenvalue weighted by Gasteiger charge is 2.18. The fraction of sp³-hybridized carbons (Fsp3) is 0.160. The van der Waals surface area contributed by atoms with Gasteiger partial charge in [-0.1, -0.05) is 54.6 Å². The number of phenols is 1. The minimum absolute atomic E-state index is 0.0404. The van der Waals surface area contributed by atoms with Crippen LogP contribution in [0.25, 0.3) is 10.9 Å². The van der Waals surface area contributed by atoms with Gasteiger partial charge in [0.05, 0.1) is 5.52 Å². The summed E-state index contributed by atoms with van der Waals surface area (Å²) in [5, 5.41) is 39.4. The monoisotopic (exact) mass is 429 g/mol. The summed E-state index contributed by atoms with van der Waals surface area (Å²) in [6.45, 7) is 1.66. The van der Waals surface area contributed by atoms with Gasteiger partial charge in [0.2, 0.25) is 5.88 Å². The van der Waals surface area contributed by atoms with Crippen LogP contribution < -0.4 is 0 Å². The SMILES string of the molecule is Cc1ccccc1CCc1cccc(N=Nc2c(O)n(CC(=O)O)c3ccccc23)c1O. The molecular formula is C25H23N3O4. The van der Waals surface area contributed by atoms with Gasteiger partial charge in [-0.2, -0.15) is 0 Å². The Morgan fingerprint density at radius 2 is 1.56 bits per heavy atom. The Balaban J connectivity index is 1.64. The Kier molecular flexibility index (Phi) is 5.89. The van der Waals surface area contributed by atoms with Gasteiger partial charge >= 0.3 is 5.97 Å². The van der Waals surface area contributed by atoms with E-state index in [9.17, 15) is 15.0 Å². The van der Waals surface area contributed by atoms with E-state index < -0.39 is 12.5 Å². The molecule has 1 aromatic heterocycles. The summed E-state index contributed by atoms with van der Waals surface area (Å²) in [7, 11) is 0. The van der Waals surface area contributed by atoms with E-state index in [1.54, 1.807) is 36.4 Å². The van der Waals surface area contributed by atoms with Gasteiger partial charge in [-0.3, -0.25) is 9.36 Å². The van der Waals surface area contributed by atoms with Crippen molar-refractivity contribution in [3.05, 3.63) is 83.4 Å². The molecule has 0 aliphatic heterocycles. The molecule has 4 aromatic rings. The molecule has 3 aromatic carbocycles. The van der Waals surface area contributed by atoms with E-state index in [2.05, 4.69) is 29.3 Å². The lowest BCUT2D eigenvalue weighted by molar-refractivity contribution is -0.137. The fourth-order valence-corrected chi connectivity index (χ4v) is 3.79. The number of hydrogen-bond donors (Lipinski definition) is 3. The molecule has 0 aliphatic carbocycles. The third kappa shape index (κ3) is 4.18. The highest BCUT2D eigenvalue weighted by Crippen LogP contribution is 2.40. The molecule has 0 unspecified atom stereocenters. The van der Waals surface area contributed by atoms with Crippen molar-refractivity contribution in [2.75, 3.05) is 0 Å². The molecule has 0 saturated carbocycles. The van der Waals surface area contributed by atoms with Crippen LogP contribution in [0.5, 0.6) is 11.6 Å². The molecule has 162 valence electrons. The van der Waals surface area contributed by atoms with Crippen LogP contribution in [0, 0.1) is 6.92 Å². The number of rotatable bonds is 7. The second kappa shape index (κ2) is 8.93. The van der Waals surface area contributed by atoms with E-state index in [1.807, 2.05) is 18.2 Å². The third-order valence-electron chi connectivity index (χ3n) is 5.49. The Morgan fingerprint density at radius 3 is 2.34 bits per heavy atom. The second-order valence-electron chi connectivity index (χ2n) is 7.58. The molecule has 0 radical (unpaired) electrons. The molecule has 3 N–H and O–H groups in total. The van der Waals surface area contributed by atoms with Gasteiger partial charge in [-0.05, 0) is 48.6 Å². The number of phenolic OH excluding ortho intramolecular Hbond substituents is 1. The minimum atomic E-state index is -1.08. The quantitative estimate of drug-likeness (QED) is 0.330. The average molecular weight is 429 g/mol. The molecule has 7 heteroatoms. The standard InChI is InChI=1S/C25H23N3O4/c1-16-7-2-3-8-17(16)13-14-18-9-6-11-20(24(18)31)26-27-23-19-10-4-5-12-21(19)28(25(23)32)15-22(29)30/h2-12,31-32H,13-15H2,1H3,(H,29,30). The lowest BCUT2D eigenvalue weighted by Crippen LogP contribution is -2.07. The van der Waals surface area contributed by atoms with Crippen molar-refractivity contribution in [1.82, 2.24) is 4.57 Å². The van der Waals surface area contributed by atoms with Crippen LogP contribution in [0.15, 0.2) is 77.0 Å². The summed E-state index contributed by atoms with van der Waals surface area (Å²) in [5.41, 5.74) is 4.15. The van der Waals surface area contributed by atoms with Crippen LogP contribution in [0.2, 0.25) is 0 Å². The van der Waals surface area contributed by atoms with E-state index in [1.165, 1.54) is 15.7 Å². The van der Waals surface area contributed by atoms with Crippen molar-refractivity contribution in [1.29, 1.82) is 0 Å². The second-order valence-corrected chi connectivity index (χ2v) is 7.58. The van der Waals surface area contributed by atoms with Crippen LogP contribution in [0.4, 0.5) is 11.4 Å². The number of carboxylic acids is 1. The van der Waals surface area contributed by atoms with Gasteiger partial charge in [-0.25, -0.2) is 0 Å². The Morgan fingerprint density at radius 1 is 0.875 bits per heavy atom. The first kappa shape index (κ1) is 21.1. The smallest absolute Gasteiger partial charge is 0.323 e. The van der Waals surface area contributed by atoms with Crippen LogP contribution in [0.1, 0.15) is 16.7 Å². The molecular weight excluding hydrogens is 406 g/mol. The maximum Gasteiger partial charge on any atom is 0.323 e. The number of nitrogens with zero attached hydrogens (tertiary/aromatic N) is 3. The molecule has 32 heavy (non-hydrogen) atoms. The number of carbonyl (C=O) groups is 1. The van der Waals surface area contributed by atoms with Gasteiger partial charge in [0.1, 0.15) is 18.0 Å². The Labute approximate surface area is 184 Å². The number of aliphatic carboxylic acids is 1. The highest BCUT2D eigenvalue weighted by atomic mass is 16.4. The number of aromatic hydroxyl groups is 2. The molecule has 0 atom stereocenters. The lowest BCUT2D eigenvalue weighted by atomic mass is 10.00. The van der Waals surface area contributed by atoms with Gasteiger partial charge in [0, 0.05) is 5.39 Å². The molecule has 0 fully saturated rings. The average Bonchev–Trinajstić information content (AvgIpc) is 3.04. The summed E-state index contributed by atoms with van der Waals surface area (Å²) in [6, 6.07) is 20.4. The maximum absolute atomic E-state index is 11.2. The molecule has 0 aliphatic rings. The van der Waals surface area contributed by atoms with Crippen molar-refractivity contribution in [3.63, 3.8) is 0 Å². The molecule has 0 amide bonds. The molecule has 0 spiro atoms. The Bertz CT molecular complexity index is 1320. The summed E-state index contributed by atoms with van der Waals surface area (Å²) in [5.74, 6) is -1.32. The zero-order valence-electron chi connectivity index (χ0n) is 17.6. The number of aryl methyl sites for hydroxylation is 3. The largest absolute Gasteiger partial charge is 0.505 e. The number of carboxylic acid groups (broad SMARTS) is 1. The van der Waals surface area contributed by atoms with Crippen molar-refractivity contribution in [3.8, 4) is 11.6 Å².